The number of hydrogen-bond donors (Lipinski definition) is 1. The SMILES string of the molecule is Cn1cccc1CNC1CC=CCC1. The van der Waals surface area contributed by atoms with Gasteiger partial charge in [-0.25, -0.2) is 0 Å². The molecule has 1 N–H and O–H groups in total. The number of rotatable bonds is 3. The van der Waals surface area contributed by atoms with Crippen LogP contribution in [0.3, 0.4) is 0 Å². The van der Waals surface area contributed by atoms with E-state index in [-0.39, 0.29) is 0 Å². The van der Waals surface area contributed by atoms with Gasteiger partial charge in [-0.1, -0.05) is 12.2 Å². The highest BCUT2D eigenvalue weighted by atomic mass is 15.0. The normalized spacial score (nSPS) is 21.4. The van der Waals surface area contributed by atoms with Gasteiger partial charge in [-0.2, -0.15) is 0 Å². The Kier molecular flexibility index (Phi) is 3.04. The molecule has 1 unspecified atom stereocenters. The van der Waals surface area contributed by atoms with Crippen LogP contribution in [0.4, 0.5) is 0 Å². The number of aryl methyl sites for hydroxylation is 1. The van der Waals surface area contributed by atoms with Crippen molar-refractivity contribution in [1.82, 2.24) is 9.88 Å². The van der Waals surface area contributed by atoms with Crippen LogP contribution in [0.5, 0.6) is 0 Å². The van der Waals surface area contributed by atoms with Crippen LogP contribution in [-0.4, -0.2) is 10.6 Å². The van der Waals surface area contributed by atoms with E-state index >= 15 is 0 Å². The van der Waals surface area contributed by atoms with Crippen molar-refractivity contribution in [1.29, 1.82) is 0 Å². The molecule has 0 amide bonds. The van der Waals surface area contributed by atoms with E-state index in [0.29, 0.717) is 6.04 Å². The molecule has 1 atom stereocenters. The van der Waals surface area contributed by atoms with E-state index in [2.05, 4.69) is 47.4 Å². The summed E-state index contributed by atoms with van der Waals surface area (Å²) < 4.78 is 2.17. The highest BCUT2D eigenvalue weighted by molar-refractivity contribution is 5.06. The predicted molar refractivity (Wildman–Crippen MR) is 59.0 cm³/mol. The third-order valence-corrected chi connectivity index (χ3v) is 2.89. The van der Waals surface area contributed by atoms with Gasteiger partial charge in [0.1, 0.15) is 0 Å². The highest BCUT2D eigenvalue weighted by Gasteiger charge is 2.08. The van der Waals surface area contributed by atoms with Crippen LogP contribution in [0, 0.1) is 0 Å². The van der Waals surface area contributed by atoms with Crippen LogP contribution in [0.25, 0.3) is 0 Å². The molecule has 0 saturated heterocycles. The van der Waals surface area contributed by atoms with Crippen molar-refractivity contribution < 1.29 is 0 Å². The Morgan fingerprint density at radius 2 is 2.43 bits per heavy atom. The van der Waals surface area contributed by atoms with E-state index in [0.717, 1.165) is 6.54 Å². The Bertz CT molecular complexity index is 312. The zero-order chi connectivity index (χ0) is 9.80. The lowest BCUT2D eigenvalue weighted by atomic mass is 10.0. The van der Waals surface area contributed by atoms with Crippen molar-refractivity contribution >= 4 is 0 Å². The van der Waals surface area contributed by atoms with Crippen molar-refractivity contribution in [3.63, 3.8) is 0 Å². The third-order valence-electron chi connectivity index (χ3n) is 2.89. The first-order valence-corrected chi connectivity index (χ1v) is 5.35. The standard InChI is InChI=1S/C12H18N2/c1-14-9-5-8-12(14)10-13-11-6-3-2-4-7-11/h2-3,5,8-9,11,13H,4,6-7,10H2,1H3. The topological polar surface area (TPSA) is 17.0 Å². The molecule has 0 spiro atoms. The Morgan fingerprint density at radius 3 is 3.07 bits per heavy atom. The van der Waals surface area contributed by atoms with Gasteiger partial charge in [0, 0.05) is 31.5 Å². The predicted octanol–water partition coefficient (Wildman–Crippen LogP) is 2.22. The molecule has 14 heavy (non-hydrogen) atoms. The molecular formula is C12H18N2. The van der Waals surface area contributed by atoms with Crippen LogP contribution in [0.2, 0.25) is 0 Å². The fourth-order valence-electron chi connectivity index (χ4n) is 1.91. The number of aromatic nitrogens is 1. The molecule has 2 heteroatoms. The maximum Gasteiger partial charge on any atom is 0.0361 e. The Balaban J connectivity index is 1.82. The molecule has 1 aromatic heterocycles. The second kappa shape index (κ2) is 4.47. The number of nitrogens with one attached hydrogen (secondary N) is 1. The monoisotopic (exact) mass is 190 g/mol. The zero-order valence-electron chi connectivity index (χ0n) is 8.74. The first-order valence-electron chi connectivity index (χ1n) is 5.35. The summed E-state index contributed by atoms with van der Waals surface area (Å²) in [4.78, 5) is 0. The van der Waals surface area contributed by atoms with Gasteiger partial charge in [0.15, 0.2) is 0 Å². The first-order chi connectivity index (χ1) is 6.86. The Morgan fingerprint density at radius 1 is 1.50 bits per heavy atom. The minimum atomic E-state index is 0.676. The summed E-state index contributed by atoms with van der Waals surface area (Å²) in [5.41, 5.74) is 1.36. The second-order valence-corrected chi connectivity index (χ2v) is 3.97. The highest BCUT2D eigenvalue weighted by Crippen LogP contribution is 2.11. The Hall–Kier alpha value is -1.02. The fraction of sp³-hybridized carbons (Fsp3) is 0.500. The summed E-state index contributed by atoms with van der Waals surface area (Å²) in [6.45, 7) is 0.988. The van der Waals surface area contributed by atoms with Gasteiger partial charge in [0.05, 0.1) is 0 Å². The van der Waals surface area contributed by atoms with E-state index < -0.39 is 0 Å². The lowest BCUT2D eigenvalue weighted by Gasteiger charge is -2.19. The number of nitrogens with zero attached hydrogens (tertiary/aromatic N) is 1. The van der Waals surface area contributed by atoms with Gasteiger partial charge >= 0.3 is 0 Å². The lowest BCUT2D eigenvalue weighted by molar-refractivity contribution is 0.467. The summed E-state index contributed by atoms with van der Waals surface area (Å²) in [5, 5.41) is 3.59. The third kappa shape index (κ3) is 2.26. The molecule has 0 bridgehead atoms. The van der Waals surface area contributed by atoms with E-state index in [1.54, 1.807) is 0 Å². The maximum atomic E-state index is 3.59. The van der Waals surface area contributed by atoms with Gasteiger partial charge in [-0.3, -0.25) is 0 Å². The van der Waals surface area contributed by atoms with Crippen LogP contribution < -0.4 is 5.32 Å². The number of hydrogen-bond acceptors (Lipinski definition) is 1. The maximum absolute atomic E-state index is 3.59. The smallest absolute Gasteiger partial charge is 0.0361 e. The molecule has 0 aromatic carbocycles. The molecule has 1 heterocycles. The molecule has 1 aliphatic rings. The zero-order valence-corrected chi connectivity index (χ0v) is 8.74. The minimum Gasteiger partial charge on any atom is -0.353 e. The van der Waals surface area contributed by atoms with E-state index in [1.807, 2.05) is 0 Å². The van der Waals surface area contributed by atoms with Crippen LogP contribution in [0.15, 0.2) is 30.5 Å². The average molecular weight is 190 g/mol. The van der Waals surface area contributed by atoms with E-state index in [9.17, 15) is 0 Å². The van der Waals surface area contributed by atoms with Gasteiger partial charge in [-0.05, 0) is 31.4 Å². The van der Waals surface area contributed by atoms with Crippen molar-refractivity contribution in [3.05, 3.63) is 36.2 Å². The quantitative estimate of drug-likeness (QED) is 0.723. The minimum absolute atomic E-state index is 0.676. The molecule has 76 valence electrons. The van der Waals surface area contributed by atoms with Crippen LogP contribution in [-0.2, 0) is 13.6 Å². The van der Waals surface area contributed by atoms with Gasteiger partial charge in [-0.15, -0.1) is 0 Å². The average Bonchev–Trinajstić information content (AvgIpc) is 2.63. The Labute approximate surface area is 85.6 Å². The largest absolute Gasteiger partial charge is 0.353 e. The number of allylic oxidation sites excluding steroid dienone is 1. The van der Waals surface area contributed by atoms with Crippen molar-refractivity contribution in [3.8, 4) is 0 Å². The summed E-state index contributed by atoms with van der Waals surface area (Å²) in [6.07, 6.45) is 10.3. The van der Waals surface area contributed by atoms with Crippen LogP contribution in [0.1, 0.15) is 25.0 Å². The fourth-order valence-corrected chi connectivity index (χ4v) is 1.91. The van der Waals surface area contributed by atoms with Crippen molar-refractivity contribution in [2.45, 2.75) is 31.8 Å². The summed E-state index contributed by atoms with van der Waals surface area (Å²) >= 11 is 0. The summed E-state index contributed by atoms with van der Waals surface area (Å²) in [6, 6.07) is 4.94. The molecule has 2 rings (SSSR count). The summed E-state index contributed by atoms with van der Waals surface area (Å²) in [7, 11) is 2.10. The van der Waals surface area contributed by atoms with Gasteiger partial charge in [0.2, 0.25) is 0 Å². The van der Waals surface area contributed by atoms with Crippen molar-refractivity contribution in [2.75, 3.05) is 0 Å². The van der Waals surface area contributed by atoms with Gasteiger partial charge in [0.25, 0.3) is 0 Å². The molecule has 0 radical (unpaired) electrons. The van der Waals surface area contributed by atoms with E-state index in [1.165, 1.54) is 25.0 Å². The van der Waals surface area contributed by atoms with Crippen LogP contribution >= 0.6 is 0 Å². The molecule has 2 nitrogen and oxygen atoms in total. The molecule has 1 aliphatic carbocycles. The first kappa shape index (κ1) is 9.53. The lowest BCUT2D eigenvalue weighted by Crippen LogP contribution is -2.29. The second-order valence-electron chi connectivity index (χ2n) is 3.97. The molecular weight excluding hydrogens is 172 g/mol. The van der Waals surface area contributed by atoms with Gasteiger partial charge < -0.3 is 9.88 Å². The molecule has 1 aromatic rings. The van der Waals surface area contributed by atoms with Crippen molar-refractivity contribution in [2.24, 2.45) is 7.05 Å². The summed E-state index contributed by atoms with van der Waals surface area (Å²) in [5.74, 6) is 0. The molecule has 0 fully saturated rings. The molecule has 0 aliphatic heterocycles. The molecule has 0 saturated carbocycles. The van der Waals surface area contributed by atoms with E-state index in [4.69, 9.17) is 0 Å².